The van der Waals surface area contributed by atoms with E-state index in [1.807, 2.05) is 19.1 Å². The van der Waals surface area contributed by atoms with Crippen LogP contribution in [-0.2, 0) is 36.0 Å². The van der Waals surface area contributed by atoms with Crippen LogP contribution in [0.3, 0.4) is 0 Å². The standard InChI is InChI=1S/C23H26N4O3S/c1-3-27-23(28)20-9-5-4-8-19(20)22(26-27)18-11-10-16(2)21(13-18)31(29,30)25-15-17-7-6-12-24-14-17/h6-7,10-14,25H,3-5,8-9,15H2,1-2H3. The van der Waals surface area contributed by atoms with Crippen molar-refractivity contribution in [1.29, 1.82) is 0 Å². The zero-order valence-electron chi connectivity index (χ0n) is 17.8. The largest absolute Gasteiger partial charge is 0.270 e. The van der Waals surface area contributed by atoms with Gasteiger partial charge < -0.3 is 0 Å². The number of aryl methyl sites for hydroxylation is 2. The Labute approximate surface area is 182 Å². The van der Waals surface area contributed by atoms with Crippen molar-refractivity contribution >= 4 is 10.0 Å². The summed E-state index contributed by atoms with van der Waals surface area (Å²) in [7, 11) is -3.74. The first-order valence-electron chi connectivity index (χ1n) is 10.5. The third kappa shape index (κ3) is 4.31. The van der Waals surface area contributed by atoms with Gasteiger partial charge >= 0.3 is 0 Å². The van der Waals surface area contributed by atoms with Gasteiger partial charge in [-0.3, -0.25) is 9.78 Å². The van der Waals surface area contributed by atoms with Gasteiger partial charge in [0, 0.05) is 36.6 Å². The smallest absolute Gasteiger partial charge is 0.267 e. The molecule has 2 aromatic heterocycles. The fourth-order valence-corrected chi connectivity index (χ4v) is 5.31. The Bertz CT molecular complexity index is 1270. The van der Waals surface area contributed by atoms with Crippen LogP contribution in [0.4, 0.5) is 0 Å². The Kier molecular flexibility index (Phi) is 6.02. The lowest BCUT2D eigenvalue weighted by Gasteiger charge is -2.20. The van der Waals surface area contributed by atoms with E-state index in [9.17, 15) is 13.2 Å². The lowest BCUT2D eigenvalue weighted by molar-refractivity contribution is 0.579. The topological polar surface area (TPSA) is 93.9 Å². The summed E-state index contributed by atoms with van der Waals surface area (Å²) in [4.78, 5) is 17.0. The minimum absolute atomic E-state index is 0.0287. The number of fused-ring (bicyclic) bond motifs is 1. The molecule has 0 radical (unpaired) electrons. The highest BCUT2D eigenvalue weighted by Crippen LogP contribution is 2.30. The first-order chi connectivity index (χ1) is 14.9. The number of rotatable bonds is 6. The molecule has 162 valence electrons. The third-order valence-corrected chi connectivity index (χ3v) is 7.25. The number of nitrogens with zero attached hydrogens (tertiary/aromatic N) is 3. The second kappa shape index (κ2) is 8.72. The van der Waals surface area contributed by atoms with E-state index >= 15 is 0 Å². The highest BCUT2D eigenvalue weighted by atomic mass is 32.2. The van der Waals surface area contributed by atoms with Gasteiger partial charge in [-0.05, 0) is 68.4 Å². The second-order valence-electron chi connectivity index (χ2n) is 7.80. The average molecular weight is 439 g/mol. The van der Waals surface area contributed by atoms with Crippen LogP contribution in [0.2, 0.25) is 0 Å². The number of aromatic nitrogens is 3. The fourth-order valence-electron chi connectivity index (χ4n) is 4.03. The van der Waals surface area contributed by atoms with Gasteiger partial charge in [0.05, 0.1) is 10.6 Å². The maximum Gasteiger partial charge on any atom is 0.270 e. The zero-order chi connectivity index (χ0) is 22.0. The molecule has 0 bridgehead atoms. The minimum Gasteiger partial charge on any atom is -0.267 e. The van der Waals surface area contributed by atoms with Gasteiger partial charge in [-0.1, -0.05) is 18.2 Å². The summed E-state index contributed by atoms with van der Waals surface area (Å²) in [5.74, 6) is 0. The van der Waals surface area contributed by atoms with Crippen LogP contribution in [0.25, 0.3) is 11.3 Å². The van der Waals surface area contributed by atoms with Gasteiger partial charge in [0.15, 0.2) is 0 Å². The molecule has 0 atom stereocenters. The number of nitrogens with one attached hydrogen (secondary N) is 1. The minimum atomic E-state index is -3.74. The number of hydrogen-bond acceptors (Lipinski definition) is 5. The molecule has 1 aliphatic carbocycles. The Morgan fingerprint density at radius 3 is 2.61 bits per heavy atom. The molecule has 0 saturated heterocycles. The SMILES string of the molecule is CCn1nc(-c2ccc(C)c(S(=O)(=O)NCc3cccnc3)c2)c2c(c1=O)CCCC2. The first-order valence-corrected chi connectivity index (χ1v) is 12.0. The summed E-state index contributed by atoms with van der Waals surface area (Å²) in [6, 6.07) is 8.95. The maximum absolute atomic E-state index is 13.1. The molecule has 0 amide bonds. The second-order valence-corrected chi connectivity index (χ2v) is 9.54. The van der Waals surface area contributed by atoms with E-state index in [1.54, 1.807) is 37.5 Å². The van der Waals surface area contributed by atoms with Crippen molar-refractivity contribution in [1.82, 2.24) is 19.5 Å². The predicted octanol–water partition coefficient (Wildman–Crippen LogP) is 2.99. The molecule has 0 spiro atoms. The van der Waals surface area contributed by atoms with E-state index < -0.39 is 10.0 Å². The number of sulfonamides is 1. The van der Waals surface area contributed by atoms with E-state index in [0.717, 1.165) is 42.4 Å². The van der Waals surface area contributed by atoms with Crippen LogP contribution in [0, 0.1) is 6.92 Å². The van der Waals surface area contributed by atoms with Crippen LogP contribution < -0.4 is 10.3 Å². The molecule has 7 nitrogen and oxygen atoms in total. The first kappa shape index (κ1) is 21.4. The fraction of sp³-hybridized carbons (Fsp3) is 0.348. The monoisotopic (exact) mass is 438 g/mol. The third-order valence-electron chi connectivity index (χ3n) is 5.71. The molecule has 8 heteroatoms. The maximum atomic E-state index is 13.1. The quantitative estimate of drug-likeness (QED) is 0.639. The molecule has 1 aliphatic rings. The van der Waals surface area contributed by atoms with Crippen molar-refractivity contribution in [2.24, 2.45) is 0 Å². The van der Waals surface area contributed by atoms with Gasteiger partial charge in [-0.25, -0.2) is 17.8 Å². The molecule has 0 fully saturated rings. The van der Waals surface area contributed by atoms with Crippen LogP contribution >= 0.6 is 0 Å². The highest BCUT2D eigenvalue weighted by Gasteiger charge is 2.23. The summed E-state index contributed by atoms with van der Waals surface area (Å²) >= 11 is 0. The van der Waals surface area contributed by atoms with Crippen molar-refractivity contribution in [3.05, 3.63) is 75.3 Å². The molecular weight excluding hydrogens is 412 g/mol. The zero-order valence-corrected chi connectivity index (χ0v) is 18.6. The predicted molar refractivity (Wildman–Crippen MR) is 119 cm³/mol. The summed E-state index contributed by atoms with van der Waals surface area (Å²) in [5, 5.41) is 4.60. The van der Waals surface area contributed by atoms with Crippen LogP contribution in [0.5, 0.6) is 0 Å². The average Bonchev–Trinajstić information content (AvgIpc) is 2.79. The van der Waals surface area contributed by atoms with Crippen LogP contribution in [0.15, 0.2) is 52.4 Å². The normalized spacial score (nSPS) is 13.7. The highest BCUT2D eigenvalue weighted by molar-refractivity contribution is 7.89. The Morgan fingerprint density at radius 1 is 1.13 bits per heavy atom. The van der Waals surface area contributed by atoms with Gasteiger partial charge in [0.25, 0.3) is 5.56 Å². The molecule has 1 N–H and O–H groups in total. The molecule has 3 aromatic rings. The van der Waals surface area contributed by atoms with Gasteiger partial charge in [-0.2, -0.15) is 5.10 Å². The summed E-state index contributed by atoms with van der Waals surface area (Å²) < 4.78 is 30.3. The molecule has 0 saturated carbocycles. The van der Waals surface area contributed by atoms with E-state index in [0.29, 0.717) is 23.4 Å². The van der Waals surface area contributed by atoms with Crippen molar-refractivity contribution in [3.8, 4) is 11.3 Å². The summed E-state index contributed by atoms with van der Waals surface area (Å²) in [5.41, 5.74) is 4.60. The molecule has 2 heterocycles. The summed E-state index contributed by atoms with van der Waals surface area (Å²) in [6.45, 7) is 4.30. The van der Waals surface area contributed by atoms with Gasteiger partial charge in [-0.15, -0.1) is 0 Å². The lowest BCUT2D eigenvalue weighted by Crippen LogP contribution is -2.30. The Morgan fingerprint density at radius 2 is 1.90 bits per heavy atom. The molecule has 31 heavy (non-hydrogen) atoms. The molecule has 1 aromatic carbocycles. The van der Waals surface area contributed by atoms with E-state index in [2.05, 4.69) is 14.8 Å². The van der Waals surface area contributed by atoms with Crippen molar-refractivity contribution < 1.29 is 8.42 Å². The van der Waals surface area contributed by atoms with Gasteiger partial charge in [0.2, 0.25) is 10.0 Å². The molecule has 0 aliphatic heterocycles. The lowest BCUT2D eigenvalue weighted by atomic mass is 9.89. The van der Waals surface area contributed by atoms with Crippen LogP contribution in [-0.4, -0.2) is 23.2 Å². The Balaban J connectivity index is 1.76. The molecule has 0 unspecified atom stereocenters. The number of pyridine rings is 1. The molecular formula is C23H26N4O3S. The van der Waals surface area contributed by atoms with Gasteiger partial charge in [0.1, 0.15) is 0 Å². The van der Waals surface area contributed by atoms with Crippen molar-refractivity contribution in [2.75, 3.05) is 0 Å². The number of benzene rings is 1. The summed E-state index contributed by atoms with van der Waals surface area (Å²) in [6.07, 6.45) is 6.80. The van der Waals surface area contributed by atoms with Crippen LogP contribution in [0.1, 0.15) is 42.0 Å². The van der Waals surface area contributed by atoms with E-state index in [1.165, 1.54) is 4.68 Å². The Hall–Kier alpha value is -2.84. The van der Waals surface area contributed by atoms with E-state index in [4.69, 9.17) is 0 Å². The van der Waals surface area contributed by atoms with Crippen molar-refractivity contribution in [2.45, 2.75) is 57.5 Å². The molecule has 4 rings (SSSR count). The van der Waals surface area contributed by atoms with Crippen molar-refractivity contribution in [3.63, 3.8) is 0 Å². The van der Waals surface area contributed by atoms with E-state index in [-0.39, 0.29) is 17.0 Å². The number of hydrogen-bond donors (Lipinski definition) is 1.